The van der Waals surface area contributed by atoms with Crippen LogP contribution in [0.5, 0.6) is 0 Å². The van der Waals surface area contributed by atoms with Crippen molar-refractivity contribution in [2.24, 2.45) is 4.99 Å². The van der Waals surface area contributed by atoms with Crippen LogP contribution in [0.4, 0.5) is 0 Å². The summed E-state index contributed by atoms with van der Waals surface area (Å²) in [4.78, 5) is 18.5. The number of hydrogen-bond donors (Lipinski definition) is 0. The lowest BCUT2D eigenvalue weighted by Crippen LogP contribution is -2.17. The quantitative estimate of drug-likeness (QED) is 0.647. The molecule has 0 N–H and O–H groups in total. The normalized spacial score (nSPS) is 12.0. The molecule has 1 amide bonds. The van der Waals surface area contributed by atoms with E-state index in [1.807, 2.05) is 42.5 Å². The largest absolute Gasteiger partial charge is 0.316 e. The number of aryl methyl sites for hydroxylation is 1. The van der Waals surface area contributed by atoms with E-state index in [-0.39, 0.29) is 5.91 Å². The summed E-state index contributed by atoms with van der Waals surface area (Å²) in [5, 5.41) is 0. The monoisotopic (exact) mass is 342 g/mol. The zero-order valence-corrected chi connectivity index (χ0v) is 14.6. The SMILES string of the molecule is CCCn1c(=NC(=O)CSc2ccccc2)sc2ccccc21. The summed E-state index contributed by atoms with van der Waals surface area (Å²) in [5.74, 6) is 0.278. The van der Waals surface area contributed by atoms with E-state index >= 15 is 0 Å². The van der Waals surface area contributed by atoms with Gasteiger partial charge in [0, 0.05) is 11.4 Å². The minimum Gasteiger partial charge on any atom is -0.316 e. The number of hydrogen-bond acceptors (Lipinski definition) is 3. The molecule has 0 atom stereocenters. The van der Waals surface area contributed by atoms with Gasteiger partial charge in [-0.05, 0) is 30.7 Å². The Morgan fingerprint density at radius 2 is 1.87 bits per heavy atom. The second-order valence-electron chi connectivity index (χ2n) is 5.11. The molecule has 118 valence electrons. The first kappa shape index (κ1) is 16.0. The number of aromatic nitrogens is 1. The van der Waals surface area contributed by atoms with E-state index in [0.717, 1.165) is 28.2 Å². The van der Waals surface area contributed by atoms with Crippen molar-refractivity contribution in [2.45, 2.75) is 24.8 Å². The summed E-state index contributed by atoms with van der Waals surface area (Å²) in [6.45, 7) is 3.01. The predicted octanol–water partition coefficient (Wildman–Crippen LogP) is 4.33. The van der Waals surface area contributed by atoms with E-state index in [2.05, 4.69) is 28.6 Å². The summed E-state index contributed by atoms with van der Waals surface area (Å²) in [5.41, 5.74) is 1.15. The van der Waals surface area contributed by atoms with Gasteiger partial charge in [0.15, 0.2) is 4.80 Å². The molecule has 3 rings (SSSR count). The van der Waals surface area contributed by atoms with Crippen LogP contribution < -0.4 is 4.80 Å². The number of para-hydroxylation sites is 1. The van der Waals surface area contributed by atoms with Crippen LogP contribution in [0, 0.1) is 0 Å². The second kappa shape index (κ2) is 7.62. The lowest BCUT2D eigenvalue weighted by atomic mass is 10.3. The molecule has 2 aromatic carbocycles. The Hall–Kier alpha value is -1.85. The number of carbonyl (C=O) groups excluding carboxylic acids is 1. The third-order valence-electron chi connectivity index (χ3n) is 3.36. The Morgan fingerprint density at radius 1 is 1.13 bits per heavy atom. The standard InChI is InChI=1S/C18H18N2OS2/c1-2-12-20-15-10-6-7-11-16(15)23-18(20)19-17(21)13-22-14-8-4-3-5-9-14/h3-11H,2,12-13H2,1H3. The number of carbonyl (C=O) groups is 1. The van der Waals surface area contributed by atoms with Crippen LogP contribution in [0.25, 0.3) is 10.2 Å². The smallest absolute Gasteiger partial charge is 0.258 e. The number of nitrogens with zero attached hydrogens (tertiary/aromatic N) is 2. The number of benzene rings is 2. The summed E-state index contributed by atoms with van der Waals surface area (Å²) in [7, 11) is 0. The minimum absolute atomic E-state index is 0.0877. The molecule has 5 heteroatoms. The average Bonchev–Trinajstić information content (AvgIpc) is 2.92. The van der Waals surface area contributed by atoms with Crippen molar-refractivity contribution in [2.75, 3.05) is 5.75 Å². The zero-order valence-electron chi connectivity index (χ0n) is 12.9. The van der Waals surface area contributed by atoms with Gasteiger partial charge in [0.2, 0.25) is 0 Å². The highest BCUT2D eigenvalue weighted by Crippen LogP contribution is 2.18. The minimum atomic E-state index is -0.0877. The molecule has 0 radical (unpaired) electrons. The predicted molar refractivity (Wildman–Crippen MR) is 97.8 cm³/mol. The first-order valence-corrected chi connectivity index (χ1v) is 9.42. The molecule has 0 aliphatic heterocycles. The van der Waals surface area contributed by atoms with Gasteiger partial charge in [-0.3, -0.25) is 4.79 Å². The number of fused-ring (bicyclic) bond motifs is 1. The highest BCUT2D eigenvalue weighted by Gasteiger charge is 2.07. The van der Waals surface area contributed by atoms with E-state index in [4.69, 9.17) is 0 Å². The third-order valence-corrected chi connectivity index (χ3v) is 5.42. The van der Waals surface area contributed by atoms with Crippen LogP contribution in [-0.2, 0) is 11.3 Å². The van der Waals surface area contributed by atoms with Crippen LogP contribution in [0.1, 0.15) is 13.3 Å². The molecule has 0 saturated carbocycles. The fourth-order valence-electron chi connectivity index (χ4n) is 2.35. The number of thiazole rings is 1. The molecule has 3 nitrogen and oxygen atoms in total. The Labute approximate surface area is 143 Å². The van der Waals surface area contributed by atoms with Gasteiger partial charge < -0.3 is 4.57 Å². The molecule has 0 unspecified atom stereocenters. The highest BCUT2D eigenvalue weighted by atomic mass is 32.2. The van der Waals surface area contributed by atoms with Gasteiger partial charge in [-0.2, -0.15) is 4.99 Å². The Balaban J connectivity index is 1.84. The third kappa shape index (κ3) is 3.92. The van der Waals surface area contributed by atoms with Crippen LogP contribution >= 0.6 is 23.1 Å². The van der Waals surface area contributed by atoms with E-state index < -0.39 is 0 Å². The van der Waals surface area contributed by atoms with Gasteiger partial charge in [0.1, 0.15) is 0 Å². The molecule has 0 aliphatic carbocycles. The van der Waals surface area contributed by atoms with Crippen molar-refractivity contribution in [3.05, 3.63) is 59.4 Å². The molecule has 0 fully saturated rings. The number of thioether (sulfide) groups is 1. The van der Waals surface area contributed by atoms with Crippen LogP contribution in [0.3, 0.4) is 0 Å². The van der Waals surface area contributed by atoms with Crippen LogP contribution in [-0.4, -0.2) is 16.2 Å². The van der Waals surface area contributed by atoms with Gasteiger partial charge in [-0.1, -0.05) is 48.6 Å². The maximum absolute atomic E-state index is 12.2. The van der Waals surface area contributed by atoms with Crippen molar-refractivity contribution >= 4 is 39.2 Å². The molecule has 0 spiro atoms. The van der Waals surface area contributed by atoms with Crippen LogP contribution in [0.15, 0.2) is 64.5 Å². The maximum Gasteiger partial charge on any atom is 0.258 e. The number of rotatable bonds is 5. The van der Waals surface area contributed by atoms with Crippen molar-refractivity contribution in [1.82, 2.24) is 4.57 Å². The molecule has 1 heterocycles. The average molecular weight is 342 g/mol. The van der Waals surface area contributed by atoms with Gasteiger partial charge in [-0.15, -0.1) is 11.8 Å². The summed E-state index contributed by atoms with van der Waals surface area (Å²) in [6.07, 6.45) is 1.01. The number of amides is 1. The first-order chi connectivity index (χ1) is 11.3. The topological polar surface area (TPSA) is 34.4 Å². The Bertz CT molecular complexity index is 865. The molecule has 23 heavy (non-hydrogen) atoms. The molecule has 0 bridgehead atoms. The summed E-state index contributed by atoms with van der Waals surface area (Å²) < 4.78 is 3.31. The van der Waals surface area contributed by atoms with Crippen molar-refractivity contribution in [3.8, 4) is 0 Å². The van der Waals surface area contributed by atoms with Gasteiger partial charge in [-0.25, -0.2) is 0 Å². The molecule has 0 aliphatic rings. The molecule has 3 aromatic rings. The Morgan fingerprint density at radius 3 is 2.65 bits per heavy atom. The second-order valence-corrected chi connectivity index (χ2v) is 7.17. The fraction of sp³-hybridized carbons (Fsp3) is 0.222. The lowest BCUT2D eigenvalue weighted by molar-refractivity contribution is -0.115. The van der Waals surface area contributed by atoms with Gasteiger partial charge in [0.05, 0.1) is 16.0 Å². The molecule has 0 saturated heterocycles. The van der Waals surface area contributed by atoms with E-state index in [9.17, 15) is 4.79 Å². The van der Waals surface area contributed by atoms with E-state index in [1.54, 1.807) is 11.3 Å². The molecular formula is C18H18N2OS2. The summed E-state index contributed by atoms with van der Waals surface area (Å²) >= 11 is 3.11. The molecule has 1 aromatic heterocycles. The first-order valence-electron chi connectivity index (χ1n) is 7.61. The van der Waals surface area contributed by atoms with Crippen molar-refractivity contribution < 1.29 is 4.79 Å². The van der Waals surface area contributed by atoms with E-state index in [1.165, 1.54) is 16.5 Å². The Kier molecular flexibility index (Phi) is 5.31. The summed E-state index contributed by atoms with van der Waals surface area (Å²) in [6, 6.07) is 18.2. The van der Waals surface area contributed by atoms with Gasteiger partial charge in [0.25, 0.3) is 5.91 Å². The zero-order chi connectivity index (χ0) is 16.1. The molecular weight excluding hydrogens is 324 g/mol. The van der Waals surface area contributed by atoms with Crippen molar-refractivity contribution in [1.29, 1.82) is 0 Å². The van der Waals surface area contributed by atoms with E-state index in [0.29, 0.717) is 5.75 Å². The van der Waals surface area contributed by atoms with Crippen LogP contribution in [0.2, 0.25) is 0 Å². The van der Waals surface area contributed by atoms with Gasteiger partial charge >= 0.3 is 0 Å². The maximum atomic E-state index is 12.2. The highest BCUT2D eigenvalue weighted by molar-refractivity contribution is 8.00. The fourth-order valence-corrected chi connectivity index (χ4v) is 4.12. The van der Waals surface area contributed by atoms with Crippen molar-refractivity contribution in [3.63, 3.8) is 0 Å². The lowest BCUT2D eigenvalue weighted by Gasteiger charge is -2.02.